The highest BCUT2D eigenvalue weighted by Crippen LogP contribution is 2.28. The van der Waals surface area contributed by atoms with E-state index in [2.05, 4.69) is 15.1 Å². The molecular weight excluding hydrogens is 291 g/mol. The zero-order valence-corrected chi connectivity index (χ0v) is 11.2. The van der Waals surface area contributed by atoms with Crippen LogP contribution in [-0.4, -0.2) is 22.2 Å². The second-order valence-electron chi connectivity index (χ2n) is 4.07. The fraction of sp³-hybridized carbons (Fsp3) is 0.417. The molecule has 0 amide bonds. The van der Waals surface area contributed by atoms with Gasteiger partial charge in [0.05, 0.1) is 0 Å². The lowest BCUT2D eigenvalue weighted by Crippen LogP contribution is -2.09. The Labute approximate surface area is 117 Å². The Morgan fingerprint density at radius 1 is 1.29 bits per heavy atom. The van der Waals surface area contributed by atoms with E-state index in [0.717, 1.165) is 6.07 Å². The van der Waals surface area contributed by atoms with E-state index in [9.17, 15) is 13.2 Å². The van der Waals surface area contributed by atoms with Crippen LogP contribution in [0, 0.1) is 0 Å². The Hall–Kier alpha value is -2.16. The van der Waals surface area contributed by atoms with E-state index in [1.807, 2.05) is 0 Å². The van der Waals surface area contributed by atoms with Gasteiger partial charge in [-0.05, 0) is 13.0 Å². The molecule has 0 saturated heterocycles. The Balaban J connectivity index is 2.01. The Morgan fingerprint density at radius 2 is 2.05 bits per heavy atom. The van der Waals surface area contributed by atoms with Crippen LogP contribution in [0.4, 0.5) is 13.2 Å². The predicted molar refractivity (Wildman–Crippen MR) is 63.3 cm³/mol. The van der Waals surface area contributed by atoms with Crippen LogP contribution in [-0.2, 0) is 17.5 Å². The maximum absolute atomic E-state index is 12.5. The van der Waals surface area contributed by atoms with Crippen molar-refractivity contribution in [2.75, 3.05) is 7.11 Å². The molecule has 0 bridgehead atoms. The lowest BCUT2D eigenvalue weighted by atomic mass is 10.3. The first kappa shape index (κ1) is 15.2. The number of rotatable bonds is 5. The van der Waals surface area contributed by atoms with Gasteiger partial charge in [-0.2, -0.15) is 18.2 Å². The molecule has 1 atom stereocenters. The zero-order valence-electron chi connectivity index (χ0n) is 11.2. The quantitative estimate of drug-likeness (QED) is 0.846. The molecule has 114 valence electrons. The van der Waals surface area contributed by atoms with Crippen molar-refractivity contribution < 1.29 is 27.2 Å². The van der Waals surface area contributed by atoms with Crippen molar-refractivity contribution in [2.24, 2.45) is 0 Å². The van der Waals surface area contributed by atoms with Gasteiger partial charge in [-0.25, -0.2) is 4.98 Å². The van der Waals surface area contributed by atoms with Gasteiger partial charge in [-0.1, -0.05) is 11.2 Å². The van der Waals surface area contributed by atoms with Crippen LogP contribution in [0.3, 0.4) is 0 Å². The molecule has 2 heterocycles. The topological polar surface area (TPSA) is 70.3 Å². The molecule has 21 heavy (non-hydrogen) atoms. The Bertz CT molecular complexity index is 601. The van der Waals surface area contributed by atoms with Gasteiger partial charge < -0.3 is 14.0 Å². The number of pyridine rings is 1. The molecule has 9 heteroatoms. The van der Waals surface area contributed by atoms with Crippen molar-refractivity contribution in [2.45, 2.75) is 25.8 Å². The number of hydrogen-bond donors (Lipinski definition) is 0. The maximum Gasteiger partial charge on any atom is 0.433 e. The molecule has 0 aliphatic carbocycles. The third-order valence-electron chi connectivity index (χ3n) is 2.56. The summed E-state index contributed by atoms with van der Waals surface area (Å²) in [4.78, 5) is 7.34. The van der Waals surface area contributed by atoms with Crippen molar-refractivity contribution in [3.05, 3.63) is 35.6 Å². The first-order valence-corrected chi connectivity index (χ1v) is 5.92. The average molecular weight is 303 g/mol. The van der Waals surface area contributed by atoms with E-state index in [4.69, 9.17) is 14.0 Å². The summed E-state index contributed by atoms with van der Waals surface area (Å²) >= 11 is 0. The Kier molecular flexibility index (Phi) is 4.41. The standard InChI is InChI=1S/C12H12F3N3O3/c1-7(19-2)11-17-10(21-18-11)6-20-9-5-3-4-8(16-9)12(13,14)15/h3-5,7H,6H2,1-2H3/t7-/m1/s1. The van der Waals surface area contributed by atoms with Crippen molar-refractivity contribution in [1.29, 1.82) is 0 Å². The summed E-state index contributed by atoms with van der Waals surface area (Å²) in [5, 5.41) is 3.66. The molecule has 0 N–H and O–H groups in total. The minimum Gasteiger partial charge on any atom is -0.468 e. The van der Waals surface area contributed by atoms with Gasteiger partial charge >= 0.3 is 6.18 Å². The van der Waals surface area contributed by atoms with Crippen LogP contribution >= 0.6 is 0 Å². The first-order valence-electron chi connectivity index (χ1n) is 5.92. The normalized spacial score (nSPS) is 13.2. The summed E-state index contributed by atoms with van der Waals surface area (Å²) in [6.45, 7) is 1.54. The van der Waals surface area contributed by atoms with Gasteiger partial charge in [0.2, 0.25) is 5.88 Å². The van der Waals surface area contributed by atoms with Crippen molar-refractivity contribution in [1.82, 2.24) is 15.1 Å². The molecule has 0 fully saturated rings. The minimum absolute atomic E-state index is 0.119. The van der Waals surface area contributed by atoms with Crippen LogP contribution in [0.1, 0.15) is 30.4 Å². The van der Waals surface area contributed by atoms with Crippen LogP contribution < -0.4 is 4.74 Å². The van der Waals surface area contributed by atoms with Gasteiger partial charge in [0.15, 0.2) is 12.4 Å². The van der Waals surface area contributed by atoms with E-state index in [1.165, 1.54) is 19.2 Å². The van der Waals surface area contributed by atoms with Gasteiger partial charge in [0, 0.05) is 13.2 Å². The number of aromatic nitrogens is 3. The number of ether oxygens (including phenoxy) is 2. The number of alkyl halides is 3. The Morgan fingerprint density at radius 3 is 2.71 bits per heavy atom. The molecule has 2 aromatic heterocycles. The van der Waals surface area contributed by atoms with Gasteiger partial charge in [0.25, 0.3) is 5.89 Å². The third kappa shape index (κ3) is 3.91. The number of hydrogen-bond acceptors (Lipinski definition) is 6. The van der Waals surface area contributed by atoms with Gasteiger partial charge in [0.1, 0.15) is 11.8 Å². The van der Waals surface area contributed by atoms with E-state index < -0.39 is 11.9 Å². The van der Waals surface area contributed by atoms with E-state index in [1.54, 1.807) is 6.92 Å². The lowest BCUT2D eigenvalue weighted by molar-refractivity contribution is -0.141. The number of methoxy groups -OCH3 is 1. The fourth-order valence-corrected chi connectivity index (χ4v) is 1.39. The molecule has 0 saturated carbocycles. The van der Waals surface area contributed by atoms with Crippen molar-refractivity contribution in [3.63, 3.8) is 0 Å². The van der Waals surface area contributed by atoms with Gasteiger partial charge in [-0.3, -0.25) is 0 Å². The SMILES string of the molecule is CO[C@H](C)c1noc(COc2cccc(C(F)(F)F)n2)n1. The summed E-state index contributed by atoms with van der Waals surface area (Å²) in [6, 6.07) is 3.37. The molecule has 2 rings (SSSR count). The molecular formula is C12H12F3N3O3. The van der Waals surface area contributed by atoms with Crippen LogP contribution in [0.2, 0.25) is 0 Å². The molecule has 0 spiro atoms. The first-order chi connectivity index (χ1) is 9.90. The summed E-state index contributed by atoms with van der Waals surface area (Å²) in [5.74, 6) is 0.269. The second kappa shape index (κ2) is 6.08. The van der Waals surface area contributed by atoms with E-state index >= 15 is 0 Å². The maximum atomic E-state index is 12.5. The molecule has 2 aromatic rings. The average Bonchev–Trinajstić information content (AvgIpc) is 2.92. The smallest absolute Gasteiger partial charge is 0.433 e. The molecule has 0 aliphatic rings. The lowest BCUT2D eigenvalue weighted by Gasteiger charge is -2.07. The highest BCUT2D eigenvalue weighted by atomic mass is 19.4. The summed E-state index contributed by atoms with van der Waals surface area (Å²) in [5.41, 5.74) is -1.03. The number of halogens is 3. The molecule has 6 nitrogen and oxygen atoms in total. The zero-order chi connectivity index (χ0) is 15.5. The molecule has 0 aliphatic heterocycles. The fourth-order valence-electron chi connectivity index (χ4n) is 1.39. The van der Waals surface area contributed by atoms with E-state index in [-0.39, 0.29) is 24.5 Å². The highest BCUT2D eigenvalue weighted by molar-refractivity contribution is 5.17. The summed E-state index contributed by atoms with van der Waals surface area (Å²) < 4.78 is 52.5. The van der Waals surface area contributed by atoms with Crippen LogP contribution in [0.15, 0.2) is 22.7 Å². The number of nitrogens with zero attached hydrogens (tertiary/aromatic N) is 3. The minimum atomic E-state index is -4.52. The molecule has 0 radical (unpaired) electrons. The predicted octanol–water partition coefficient (Wildman–Crippen LogP) is 2.77. The van der Waals surface area contributed by atoms with Gasteiger partial charge in [-0.15, -0.1) is 0 Å². The largest absolute Gasteiger partial charge is 0.468 e. The summed E-state index contributed by atoms with van der Waals surface area (Å²) in [6.07, 6.45) is -4.88. The highest BCUT2D eigenvalue weighted by Gasteiger charge is 2.32. The molecule has 0 unspecified atom stereocenters. The summed E-state index contributed by atoms with van der Waals surface area (Å²) in [7, 11) is 1.49. The van der Waals surface area contributed by atoms with Crippen molar-refractivity contribution >= 4 is 0 Å². The third-order valence-corrected chi connectivity index (χ3v) is 2.56. The molecule has 0 aromatic carbocycles. The monoisotopic (exact) mass is 303 g/mol. The van der Waals surface area contributed by atoms with Crippen LogP contribution in [0.25, 0.3) is 0 Å². The van der Waals surface area contributed by atoms with E-state index in [0.29, 0.717) is 5.82 Å². The van der Waals surface area contributed by atoms with Crippen molar-refractivity contribution in [3.8, 4) is 5.88 Å². The van der Waals surface area contributed by atoms with Crippen LogP contribution in [0.5, 0.6) is 5.88 Å². The second-order valence-corrected chi connectivity index (χ2v) is 4.07.